The lowest BCUT2D eigenvalue weighted by atomic mass is 10.0. The van der Waals surface area contributed by atoms with Crippen molar-refractivity contribution in [2.75, 3.05) is 19.8 Å². The highest BCUT2D eigenvalue weighted by atomic mass is 16.5. The van der Waals surface area contributed by atoms with Gasteiger partial charge in [0.25, 0.3) is 0 Å². The minimum absolute atomic E-state index is 0.799. The Labute approximate surface area is 92.6 Å². The van der Waals surface area contributed by atoms with E-state index in [0.29, 0.717) is 0 Å². The van der Waals surface area contributed by atoms with Gasteiger partial charge in [-0.15, -0.1) is 0 Å². The van der Waals surface area contributed by atoms with Crippen molar-refractivity contribution < 1.29 is 9.47 Å². The number of hydrogen-bond donors (Lipinski definition) is 0. The van der Waals surface area contributed by atoms with Gasteiger partial charge in [0.05, 0.1) is 12.9 Å². The summed E-state index contributed by atoms with van der Waals surface area (Å²) >= 11 is 0. The molecular formula is C13H22O2. The van der Waals surface area contributed by atoms with Gasteiger partial charge in [0, 0.05) is 13.2 Å². The van der Waals surface area contributed by atoms with Gasteiger partial charge in [-0.1, -0.05) is 0 Å². The molecule has 0 bridgehead atoms. The maximum absolute atomic E-state index is 5.57. The van der Waals surface area contributed by atoms with Crippen LogP contribution in [0.4, 0.5) is 0 Å². The van der Waals surface area contributed by atoms with Crippen molar-refractivity contribution in [1.82, 2.24) is 0 Å². The molecular weight excluding hydrogens is 188 g/mol. The van der Waals surface area contributed by atoms with Crippen LogP contribution in [0.15, 0.2) is 11.8 Å². The molecule has 86 valence electrons. The quantitative estimate of drug-likeness (QED) is 0.512. The van der Waals surface area contributed by atoms with Crippen LogP contribution in [0.5, 0.6) is 0 Å². The van der Waals surface area contributed by atoms with Crippen molar-refractivity contribution in [2.45, 2.75) is 44.9 Å². The predicted octanol–water partition coefficient (Wildman–Crippen LogP) is 3.28. The van der Waals surface area contributed by atoms with Crippen LogP contribution in [0.25, 0.3) is 0 Å². The molecule has 0 aromatic carbocycles. The van der Waals surface area contributed by atoms with E-state index in [1.165, 1.54) is 50.5 Å². The minimum Gasteiger partial charge on any atom is -0.501 e. The summed E-state index contributed by atoms with van der Waals surface area (Å²) in [4.78, 5) is 0. The first-order chi connectivity index (χ1) is 7.45. The lowest BCUT2D eigenvalue weighted by molar-refractivity contribution is 0.179. The van der Waals surface area contributed by atoms with Crippen molar-refractivity contribution in [3.8, 4) is 0 Å². The summed E-state index contributed by atoms with van der Waals surface area (Å²) < 4.78 is 10.9. The van der Waals surface area contributed by atoms with Gasteiger partial charge in [-0.25, -0.2) is 0 Å². The van der Waals surface area contributed by atoms with Crippen LogP contribution in [0.2, 0.25) is 0 Å². The minimum atomic E-state index is 0.799. The second-order valence-corrected chi connectivity index (χ2v) is 4.73. The zero-order chi connectivity index (χ0) is 10.3. The van der Waals surface area contributed by atoms with Crippen LogP contribution in [-0.4, -0.2) is 19.8 Å². The molecule has 2 fully saturated rings. The van der Waals surface area contributed by atoms with Crippen LogP contribution in [-0.2, 0) is 9.47 Å². The molecule has 0 aromatic rings. The van der Waals surface area contributed by atoms with Gasteiger partial charge >= 0.3 is 0 Å². The molecule has 2 rings (SSSR count). The molecule has 2 heteroatoms. The van der Waals surface area contributed by atoms with Crippen LogP contribution < -0.4 is 0 Å². The first-order valence-corrected chi connectivity index (χ1v) is 6.32. The van der Waals surface area contributed by atoms with E-state index in [0.717, 1.165) is 25.7 Å². The Morgan fingerprint density at radius 1 is 1.33 bits per heavy atom. The van der Waals surface area contributed by atoms with Crippen LogP contribution in [0.3, 0.4) is 0 Å². The van der Waals surface area contributed by atoms with Gasteiger partial charge in [-0.2, -0.15) is 0 Å². The van der Waals surface area contributed by atoms with E-state index in [1.807, 2.05) is 6.26 Å². The predicted molar refractivity (Wildman–Crippen MR) is 60.7 cm³/mol. The Bertz CT molecular complexity index is 197. The highest BCUT2D eigenvalue weighted by Gasteiger charge is 2.14. The lowest BCUT2D eigenvalue weighted by Crippen LogP contribution is -2.00. The van der Waals surface area contributed by atoms with Crippen molar-refractivity contribution in [3.05, 3.63) is 11.8 Å². The topological polar surface area (TPSA) is 18.5 Å². The molecule has 0 spiro atoms. The molecule has 2 aliphatic rings. The molecule has 0 amide bonds. The van der Waals surface area contributed by atoms with Crippen LogP contribution in [0.1, 0.15) is 44.9 Å². The fourth-order valence-electron chi connectivity index (χ4n) is 2.39. The molecule has 1 saturated heterocycles. The van der Waals surface area contributed by atoms with Crippen molar-refractivity contribution in [3.63, 3.8) is 0 Å². The summed E-state index contributed by atoms with van der Waals surface area (Å²) in [6.07, 6.45) is 10.9. The first kappa shape index (κ1) is 11.0. The Balaban J connectivity index is 1.49. The van der Waals surface area contributed by atoms with E-state index < -0.39 is 0 Å². The molecule has 0 N–H and O–H groups in total. The number of rotatable bonds is 5. The van der Waals surface area contributed by atoms with Gasteiger partial charge in [-0.05, 0) is 56.4 Å². The standard InChI is InChI=1S/C13H22O2/c1-2-5-12(4-1)10-14-8-3-6-13-7-9-15-11-13/h10,13H,1-9,11H2. The molecule has 1 saturated carbocycles. The molecule has 1 aliphatic carbocycles. The van der Waals surface area contributed by atoms with E-state index in [9.17, 15) is 0 Å². The SMILES string of the molecule is C(OCCCC1CCOC1)=C1CCCC1. The smallest absolute Gasteiger partial charge is 0.0873 e. The highest BCUT2D eigenvalue weighted by Crippen LogP contribution is 2.23. The maximum atomic E-state index is 5.57. The van der Waals surface area contributed by atoms with E-state index in [1.54, 1.807) is 0 Å². The van der Waals surface area contributed by atoms with Crippen molar-refractivity contribution in [2.24, 2.45) is 5.92 Å². The maximum Gasteiger partial charge on any atom is 0.0873 e. The Kier molecular flexibility index (Phi) is 4.52. The molecule has 1 unspecified atom stereocenters. The lowest BCUT2D eigenvalue weighted by Gasteiger charge is -2.06. The molecule has 1 atom stereocenters. The highest BCUT2D eigenvalue weighted by molar-refractivity contribution is 5.02. The third-order valence-electron chi connectivity index (χ3n) is 3.39. The number of ether oxygens (including phenoxy) is 2. The largest absolute Gasteiger partial charge is 0.501 e. The average Bonchev–Trinajstić information content (AvgIpc) is 2.88. The van der Waals surface area contributed by atoms with E-state index in [2.05, 4.69) is 0 Å². The molecule has 0 radical (unpaired) electrons. The first-order valence-electron chi connectivity index (χ1n) is 6.32. The average molecular weight is 210 g/mol. The van der Waals surface area contributed by atoms with Crippen LogP contribution >= 0.6 is 0 Å². The summed E-state index contributed by atoms with van der Waals surface area (Å²) in [6, 6.07) is 0. The molecule has 0 aromatic heterocycles. The molecule has 15 heavy (non-hydrogen) atoms. The normalized spacial score (nSPS) is 25.9. The third kappa shape index (κ3) is 3.86. The van der Waals surface area contributed by atoms with Crippen molar-refractivity contribution >= 4 is 0 Å². The fourth-order valence-corrected chi connectivity index (χ4v) is 2.39. The zero-order valence-corrected chi connectivity index (χ0v) is 9.54. The van der Waals surface area contributed by atoms with E-state index in [4.69, 9.17) is 9.47 Å². The summed E-state index contributed by atoms with van der Waals surface area (Å²) in [5.41, 5.74) is 1.51. The molecule has 2 nitrogen and oxygen atoms in total. The Morgan fingerprint density at radius 3 is 2.93 bits per heavy atom. The van der Waals surface area contributed by atoms with Gasteiger partial charge < -0.3 is 9.47 Å². The summed E-state index contributed by atoms with van der Waals surface area (Å²) in [5, 5.41) is 0. The number of hydrogen-bond acceptors (Lipinski definition) is 2. The van der Waals surface area contributed by atoms with Gasteiger partial charge in [0.1, 0.15) is 0 Å². The van der Waals surface area contributed by atoms with Gasteiger partial charge in [0.15, 0.2) is 0 Å². The summed E-state index contributed by atoms with van der Waals surface area (Å²) in [7, 11) is 0. The van der Waals surface area contributed by atoms with E-state index in [-0.39, 0.29) is 0 Å². The zero-order valence-electron chi connectivity index (χ0n) is 9.54. The second-order valence-electron chi connectivity index (χ2n) is 4.73. The summed E-state index contributed by atoms with van der Waals surface area (Å²) in [5.74, 6) is 0.799. The number of allylic oxidation sites excluding steroid dienone is 1. The third-order valence-corrected chi connectivity index (χ3v) is 3.39. The Hall–Kier alpha value is -0.500. The van der Waals surface area contributed by atoms with Crippen LogP contribution in [0, 0.1) is 5.92 Å². The summed E-state index contributed by atoms with van der Waals surface area (Å²) in [6.45, 7) is 2.83. The fraction of sp³-hybridized carbons (Fsp3) is 0.846. The Morgan fingerprint density at radius 2 is 2.20 bits per heavy atom. The molecule has 1 heterocycles. The van der Waals surface area contributed by atoms with E-state index >= 15 is 0 Å². The van der Waals surface area contributed by atoms with Crippen molar-refractivity contribution in [1.29, 1.82) is 0 Å². The monoisotopic (exact) mass is 210 g/mol. The second kappa shape index (κ2) is 6.16. The molecule has 1 aliphatic heterocycles. The van der Waals surface area contributed by atoms with Gasteiger partial charge in [0.2, 0.25) is 0 Å². The van der Waals surface area contributed by atoms with Gasteiger partial charge in [-0.3, -0.25) is 0 Å².